The van der Waals surface area contributed by atoms with Crippen LogP contribution in [0.1, 0.15) is 16.1 Å². The number of nitrogens with one attached hydrogen (secondary N) is 1. The maximum absolute atomic E-state index is 12.2. The van der Waals surface area contributed by atoms with E-state index >= 15 is 0 Å². The SMILES string of the molecule is COc1ccccc1/C=N\NC(=O)c1cc2cccc(OC)c2o1. The molecule has 2 aromatic carbocycles. The fraction of sp³-hybridized carbons (Fsp3) is 0.111. The van der Waals surface area contributed by atoms with Gasteiger partial charge in [0, 0.05) is 10.9 Å². The van der Waals surface area contributed by atoms with E-state index in [2.05, 4.69) is 10.5 Å². The summed E-state index contributed by atoms with van der Waals surface area (Å²) in [6.45, 7) is 0. The number of hydrogen-bond donors (Lipinski definition) is 1. The molecule has 0 unspecified atom stereocenters. The average Bonchev–Trinajstić information content (AvgIpc) is 3.06. The highest BCUT2D eigenvalue weighted by molar-refractivity contribution is 5.97. The molecule has 0 aliphatic carbocycles. The molecule has 1 N–H and O–H groups in total. The maximum atomic E-state index is 12.2. The van der Waals surface area contributed by atoms with Crippen molar-refractivity contribution >= 4 is 23.1 Å². The van der Waals surface area contributed by atoms with Gasteiger partial charge in [-0.2, -0.15) is 5.10 Å². The third kappa shape index (κ3) is 3.08. The molecular weight excluding hydrogens is 308 g/mol. The number of carbonyl (C=O) groups excluding carboxylic acids is 1. The summed E-state index contributed by atoms with van der Waals surface area (Å²) in [5, 5.41) is 4.73. The highest BCUT2D eigenvalue weighted by atomic mass is 16.5. The lowest BCUT2D eigenvalue weighted by molar-refractivity contribution is 0.0929. The number of amides is 1. The van der Waals surface area contributed by atoms with Gasteiger partial charge >= 0.3 is 5.91 Å². The van der Waals surface area contributed by atoms with E-state index in [0.717, 1.165) is 10.9 Å². The monoisotopic (exact) mass is 324 g/mol. The van der Waals surface area contributed by atoms with Crippen LogP contribution in [0, 0.1) is 0 Å². The van der Waals surface area contributed by atoms with E-state index in [0.29, 0.717) is 17.1 Å². The Bertz CT molecular complexity index is 899. The number of furan rings is 1. The molecule has 0 radical (unpaired) electrons. The zero-order valence-electron chi connectivity index (χ0n) is 13.3. The Morgan fingerprint density at radius 1 is 1.08 bits per heavy atom. The third-order valence-electron chi connectivity index (χ3n) is 3.46. The Kier molecular flexibility index (Phi) is 4.47. The molecule has 1 aromatic heterocycles. The zero-order valence-corrected chi connectivity index (χ0v) is 13.3. The molecule has 0 bridgehead atoms. The predicted octanol–water partition coefficient (Wildman–Crippen LogP) is 3.21. The van der Waals surface area contributed by atoms with Gasteiger partial charge in [-0.25, -0.2) is 5.43 Å². The average molecular weight is 324 g/mol. The van der Waals surface area contributed by atoms with Gasteiger partial charge in [0.25, 0.3) is 0 Å². The van der Waals surface area contributed by atoms with Crippen molar-refractivity contribution in [2.24, 2.45) is 5.10 Å². The Morgan fingerprint density at radius 3 is 2.62 bits per heavy atom. The standard InChI is InChI=1S/C18H16N2O4/c1-22-14-8-4-3-6-13(14)11-19-20-18(21)16-10-12-7-5-9-15(23-2)17(12)24-16/h3-11H,1-2H3,(H,20,21)/b19-11-. The lowest BCUT2D eigenvalue weighted by Gasteiger charge is -2.02. The molecule has 0 spiro atoms. The first-order valence-corrected chi connectivity index (χ1v) is 7.26. The highest BCUT2D eigenvalue weighted by Crippen LogP contribution is 2.28. The smallest absolute Gasteiger partial charge is 0.307 e. The number of nitrogens with zero attached hydrogens (tertiary/aromatic N) is 1. The first-order valence-electron chi connectivity index (χ1n) is 7.26. The first kappa shape index (κ1) is 15.6. The van der Waals surface area contributed by atoms with Gasteiger partial charge in [-0.05, 0) is 24.3 Å². The number of rotatable bonds is 5. The van der Waals surface area contributed by atoms with Gasteiger partial charge < -0.3 is 13.9 Å². The van der Waals surface area contributed by atoms with Gasteiger partial charge in [0.05, 0.1) is 20.4 Å². The van der Waals surface area contributed by atoms with Crippen molar-refractivity contribution in [3.8, 4) is 11.5 Å². The molecule has 0 fully saturated rings. The number of carbonyl (C=O) groups is 1. The second-order valence-electron chi connectivity index (χ2n) is 4.93. The lowest BCUT2D eigenvalue weighted by Crippen LogP contribution is -2.16. The van der Waals surface area contributed by atoms with E-state index < -0.39 is 5.91 Å². The normalized spacial score (nSPS) is 10.9. The number of ether oxygens (including phenoxy) is 2. The van der Waals surface area contributed by atoms with Gasteiger partial charge in [0.1, 0.15) is 5.75 Å². The molecule has 0 saturated carbocycles. The third-order valence-corrected chi connectivity index (χ3v) is 3.46. The minimum absolute atomic E-state index is 0.159. The zero-order chi connectivity index (χ0) is 16.9. The van der Waals surface area contributed by atoms with Crippen LogP contribution in [0.3, 0.4) is 0 Å². The molecule has 0 aliphatic rings. The Labute approximate surface area is 138 Å². The maximum Gasteiger partial charge on any atom is 0.307 e. The van der Waals surface area contributed by atoms with E-state index in [-0.39, 0.29) is 5.76 Å². The topological polar surface area (TPSA) is 73.1 Å². The summed E-state index contributed by atoms with van der Waals surface area (Å²) in [6, 6.07) is 14.5. The van der Waals surface area contributed by atoms with E-state index in [9.17, 15) is 4.79 Å². The summed E-state index contributed by atoms with van der Waals surface area (Å²) in [4.78, 5) is 12.2. The summed E-state index contributed by atoms with van der Waals surface area (Å²) >= 11 is 0. The largest absolute Gasteiger partial charge is 0.496 e. The summed E-state index contributed by atoms with van der Waals surface area (Å²) in [7, 11) is 3.13. The van der Waals surface area contributed by atoms with Crippen molar-refractivity contribution < 1.29 is 18.7 Å². The number of fused-ring (bicyclic) bond motifs is 1. The number of benzene rings is 2. The Morgan fingerprint density at radius 2 is 1.83 bits per heavy atom. The van der Waals surface area contributed by atoms with Crippen molar-refractivity contribution in [2.45, 2.75) is 0 Å². The molecule has 0 atom stereocenters. The van der Waals surface area contributed by atoms with Crippen LogP contribution in [0.25, 0.3) is 11.0 Å². The van der Waals surface area contributed by atoms with Gasteiger partial charge in [-0.1, -0.05) is 24.3 Å². The van der Waals surface area contributed by atoms with Crippen LogP contribution in [-0.2, 0) is 0 Å². The number of hydrazone groups is 1. The second kappa shape index (κ2) is 6.87. The fourth-order valence-corrected chi connectivity index (χ4v) is 2.30. The van der Waals surface area contributed by atoms with Crippen LogP contribution >= 0.6 is 0 Å². The minimum atomic E-state index is -0.445. The van der Waals surface area contributed by atoms with Crippen LogP contribution < -0.4 is 14.9 Å². The fourth-order valence-electron chi connectivity index (χ4n) is 2.30. The quantitative estimate of drug-likeness (QED) is 0.578. The number of hydrogen-bond acceptors (Lipinski definition) is 5. The Hall–Kier alpha value is -3.28. The van der Waals surface area contributed by atoms with E-state index in [1.807, 2.05) is 36.4 Å². The van der Waals surface area contributed by atoms with Crippen molar-refractivity contribution in [3.63, 3.8) is 0 Å². The molecule has 122 valence electrons. The van der Waals surface area contributed by atoms with Crippen LogP contribution in [0.5, 0.6) is 11.5 Å². The molecule has 1 amide bonds. The van der Waals surface area contributed by atoms with Gasteiger partial charge in [0.2, 0.25) is 0 Å². The van der Waals surface area contributed by atoms with Crippen LogP contribution in [0.4, 0.5) is 0 Å². The van der Waals surface area contributed by atoms with Gasteiger partial charge in [0.15, 0.2) is 17.1 Å². The lowest BCUT2D eigenvalue weighted by atomic mass is 10.2. The summed E-state index contributed by atoms with van der Waals surface area (Å²) in [5.74, 6) is 0.958. The van der Waals surface area contributed by atoms with Crippen LogP contribution in [-0.4, -0.2) is 26.3 Å². The molecule has 6 heteroatoms. The molecule has 3 aromatic rings. The van der Waals surface area contributed by atoms with Gasteiger partial charge in [-0.3, -0.25) is 4.79 Å². The van der Waals surface area contributed by atoms with E-state index in [1.165, 1.54) is 6.21 Å². The molecule has 1 heterocycles. The van der Waals surface area contributed by atoms with Crippen molar-refractivity contribution in [3.05, 3.63) is 59.9 Å². The molecule has 3 rings (SSSR count). The van der Waals surface area contributed by atoms with Crippen molar-refractivity contribution in [1.82, 2.24) is 5.43 Å². The van der Waals surface area contributed by atoms with Crippen LogP contribution in [0.15, 0.2) is 58.0 Å². The highest BCUT2D eigenvalue weighted by Gasteiger charge is 2.14. The van der Waals surface area contributed by atoms with Crippen LogP contribution in [0.2, 0.25) is 0 Å². The molecule has 0 saturated heterocycles. The number of methoxy groups -OCH3 is 2. The number of para-hydroxylation sites is 2. The summed E-state index contributed by atoms with van der Waals surface area (Å²) in [5.41, 5.74) is 3.72. The molecule has 0 aliphatic heterocycles. The summed E-state index contributed by atoms with van der Waals surface area (Å²) in [6.07, 6.45) is 1.51. The summed E-state index contributed by atoms with van der Waals surface area (Å²) < 4.78 is 16.0. The molecule has 6 nitrogen and oxygen atoms in total. The van der Waals surface area contributed by atoms with Crippen molar-refractivity contribution in [2.75, 3.05) is 14.2 Å². The van der Waals surface area contributed by atoms with Gasteiger partial charge in [-0.15, -0.1) is 0 Å². The van der Waals surface area contributed by atoms with Crippen molar-refractivity contribution in [1.29, 1.82) is 0 Å². The minimum Gasteiger partial charge on any atom is -0.496 e. The van der Waals surface area contributed by atoms with E-state index in [4.69, 9.17) is 13.9 Å². The first-order chi connectivity index (χ1) is 11.7. The molecular formula is C18H16N2O4. The second-order valence-corrected chi connectivity index (χ2v) is 4.93. The van der Waals surface area contributed by atoms with E-state index in [1.54, 1.807) is 26.4 Å². The predicted molar refractivity (Wildman–Crippen MR) is 90.8 cm³/mol. The molecule has 24 heavy (non-hydrogen) atoms. The Balaban J connectivity index is 1.77.